The number of hydrogen-bond donors (Lipinski definition) is 2. The van der Waals surface area contributed by atoms with Crippen molar-refractivity contribution in [2.75, 3.05) is 9.44 Å². The Morgan fingerprint density at radius 2 is 0.889 bits per heavy atom. The third-order valence-corrected chi connectivity index (χ3v) is 10.7. The monoisotopic (exact) mass is 566 g/mol. The van der Waals surface area contributed by atoms with Crippen LogP contribution in [0.1, 0.15) is 0 Å². The quantitative estimate of drug-likeness (QED) is 0.212. The Labute approximate surface area is 212 Å². The van der Waals surface area contributed by atoms with Crippen LogP contribution in [0.5, 0.6) is 0 Å². The predicted octanol–water partition coefficient (Wildman–Crippen LogP) is 4.89. The minimum atomic E-state index is -3.98. The lowest BCUT2D eigenvalue weighted by Gasteiger charge is -2.06. The fraction of sp³-hybridized carbons (Fsp3) is 0. The highest BCUT2D eigenvalue weighted by molar-refractivity contribution is 7.95. The van der Waals surface area contributed by atoms with E-state index in [2.05, 4.69) is 9.44 Å². The topological polar surface area (TPSA) is 179 Å². The second kappa shape index (κ2) is 9.65. The summed E-state index contributed by atoms with van der Waals surface area (Å²) in [4.78, 5) is 21.3. The maximum absolute atomic E-state index is 12.7. The van der Waals surface area contributed by atoms with E-state index in [1.54, 1.807) is 12.1 Å². The van der Waals surface area contributed by atoms with Gasteiger partial charge in [0.1, 0.15) is 8.42 Å². The Morgan fingerprint density at radius 1 is 0.556 bits per heavy atom. The van der Waals surface area contributed by atoms with E-state index in [1.165, 1.54) is 60.7 Å². The first kappa shape index (κ1) is 25.2. The molecule has 2 aromatic heterocycles. The van der Waals surface area contributed by atoms with Crippen molar-refractivity contribution in [2.45, 2.75) is 8.42 Å². The molecule has 4 aromatic rings. The van der Waals surface area contributed by atoms with Gasteiger partial charge in [-0.15, -0.1) is 22.7 Å². The van der Waals surface area contributed by atoms with Crippen molar-refractivity contribution >= 4 is 65.5 Å². The lowest BCUT2D eigenvalue weighted by Crippen LogP contribution is -2.11. The summed E-state index contributed by atoms with van der Waals surface area (Å²) in [5.74, 6) is 0. The van der Waals surface area contributed by atoms with Gasteiger partial charge < -0.3 is 0 Å². The van der Waals surface area contributed by atoms with Gasteiger partial charge in [-0.05, 0) is 48.5 Å². The summed E-state index contributed by atoms with van der Waals surface area (Å²) in [6.07, 6.45) is 0. The van der Waals surface area contributed by atoms with E-state index in [1.807, 2.05) is 0 Å². The molecule has 0 spiro atoms. The molecule has 36 heavy (non-hydrogen) atoms. The van der Waals surface area contributed by atoms with E-state index >= 15 is 0 Å². The molecule has 0 aliphatic heterocycles. The zero-order valence-electron chi connectivity index (χ0n) is 17.7. The van der Waals surface area contributed by atoms with Crippen LogP contribution in [0.2, 0.25) is 0 Å². The van der Waals surface area contributed by atoms with Gasteiger partial charge in [0.2, 0.25) is 0 Å². The molecule has 2 N–H and O–H groups in total. The molecule has 0 fully saturated rings. The Kier molecular flexibility index (Phi) is 6.77. The molecule has 186 valence electrons. The number of anilines is 2. The van der Waals surface area contributed by atoms with Gasteiger partial charge in [0.15, 0.2) is 0 Å². The van der Waals surface area contributed by atoms with E-state index in [0.29, 0.717) is 9.75 Å². The molecule has 0 aliphatic carbocycles. The van der Waals surface area contributed by atoms with Crippen molar-refractivity contribution < 1.29 is 26.7 Å². The third-order valence-electron chi connectivity index (χ3n) is 4.60. The van der Waals surface area contributed by atoms with Crippen LogP contribution < -0.4 is 9.44 Å². The highest BCUT2D eigenvalue weighted by Gasteiger charge is 2.21. The van der Waals surface area contributed by atoms with E-state index in [4.69, 9.17) is 0 Å². The zero-order valence-corrected chi connectivity index (χ0v) is 21.0. The van der Waals surface area contributed by atoms with E-state index in [0.717, 1.165) is 22.7 Å². The summed E-state index contributed by atoms with van der Waals surface area (Å²) in [5, 5.41) is 21.5. The fourth-order valence-electron chi connectivity index (χ4n) is 2.91. The first-order chi connectivity index (χ1) is 16.9. The van der Waals surface area contributed by atoms with Crippen molar-refractivity contribution in [1.82, 2.24) is 0 Å². The van der Waals surface area contributed by atoms with Gasteiger partial charge in [-0.3, -0.25) is 29.7 Å². The molecule has 2 heterocycles. The molecule has 0 unspecified atom stereocenters. The molecule has 0 bridgehead atoms. The van der Waals surface area contributed by atoms with Gasteiger partial charge in [-0.1, -0.05) is 0 Å². The second-order valence-corrected chi connectivity index (χ2v) is 13.0. The van der Waals surface area contributed by atoms with Crippen molar-refractivity contribution in [3.63, 3.8) is 0 Å². The number of benzene rings is 2. The van der Waals surface area contributed by atoms with E-state index in [9.17, 15) is 37.1 Å². The summed E-state index contributed by atoms with van der Waals surface area (Å²) in [5.41, 5.74) is -0.0551. The van der Waals surface area contributed by atoms with E-state index in [-0.39, 0.29) is 31.2 Å². The number of non-ortho nitro benzene ring substituents is 2. The largest absolute Gasteiger partial charge is 0.279 e. The van der Waals surface area contributed by atoms with Crippen LogP contribution >= 0.6 is 22.7 Å². The lowest BCUT2D eigenvalue weighted by atomic mass is 10.3. The van der Waals surface area contributed by atoms with Gasteiger partial charge in [-0.25, -0.2) is 16.8 Å². The third kappa shape index (κ3) is 5.51. The average molecular weight is 567 g/mol. The summed E-state index contributed by atoms with van der Waals surface area (Å²) in [6, 6.07) is 15.6. The summed E-state index contributed by atoms with van der Waals surface area (Å²) >= 11 is 1.85. The minimum Gasteiger partial charge on any atom is -0.279 e. The normalized spacial score (nSPS) is 11.7. The van der Waals surface area contributed by atoms with Crippen molar-refractivity contribution in [3.05, 3.63) is 93.0 Å². The second-order valence-electron chi connectivity index (χ2n) is 7.06. The van der Waals surface area contributed by atoms with Crippen LogP contribution in [0.3, 0.4) is 0 Å². The number of hydrogen-bond acceptors (Lipinski definition) is 10. The van der Waals surface area contributed by atoms with Crippen LogP contribution in [0.15, 0.2) is 81.2 Å². The van der Waals surface area contributed by atoms with Crippen molar-refractivity contribution in [3.8, 4) is 9.75 Å². The highest BCUT2D eigenvalue weighted by atomic mass is 32.3. The molecule has 16 heteroatoms. The van der Waals surface area contributed by atoms with Gasteiger partial charge in [0, 0.05) is 45.4 Å². The van der Waals surface area contributed by atoms with Crippen LogP contribution in [-0.4, -0.2) is 26.7 Å². The first-order valence-electron chi connectivity index (χ1n) is 9.69. The van der Waals surface area contributed by atoms with Crippen molar-refractivity contribution in [2.24, 2.45) is 0 Å². The number of sulfonamides is 2. The molecule has 12 nitrogen and oxygen atoms in total. The molecule has 0 radical (unpaired) electrons. The maximum atomic E-state index is 12.7. The SMILES string of the molecule is O=[N+]([O-])c1ccc(NS(=O)(=O)c2ccc(-c3ccc(S(=O)(=O)Nc4ccc([N+](=O)[O-])cc4)s3)s2)cc1. The van der Waals surface area contributed by atoms with Crippen LogP contribution in [-0.2, 0) is 20.0 Å². The van der Waals surface area contributed by atoms with Gasteiger partial charge in [0.25, 0.3) is 31.4 Å². The molecule has 0 saturated carbocycles. The fourth-order valence-corrected chi connectivity index (χ4v) is 7.73. The summed E-state index contributed by atoms with van der Waals surface area (Å²) < 4.78 is 55.5. The Balaban J connectivity index is 1.50. The molecular weight excluding hydrogens is 553 g/mol. The lowest BCUT2D eigenvalue weighted by molar-refractivity contribution is -0.385. The van der Waals surface area contributed by atoms with Crippen molar-refractivity contribution in [1.29, 1.82) is 0 Å². The average Bonchev–Trinajstić information content (AvgIpc) is 3.50. The molecule has 2 aromatic carbocycles. The van der Waals surface area contributed by atoms with Crippen LogP contribution in [0.4, 0.5) is 22.7 Å². The Morgan fingerprint density at radius 3 is 1.19 bits per heavy atom. The predicted molar refractivity (Wildman–Crippen MR) is 135 cm³/mol. The number of nitrogens with zero attached hydrogens (tertiary/aromatic N) is 2. The van der Waals surface area contributed by atoms with Gasteiger partial charge in [-0.2, -0.15) is 0 Å². The number of nitro benzene ring substituents is 2. The highest BCUT2D eigenvalue weighted by Crippen LogP contribution is 2.37. The maximum Gasteiger partial charge on any atom is 0.271 e. The molecule has 4 rings (SSSR count). The van der Waals surface area contributed by atoms with Crippen LogP contribution in [0, 0.1) is 20.2 Å². The van der Waals surface area contributed by atoms with Crippen LogP contribution in [0.25, 0.3) is 9.75 Å². The molecule has 0 amide bonds. The van der Waals surface area contributed by atoms with Gasteiger partial charge in [0.05, 0.1) is 9.85 Å². The molecule has 0 saturated heterocycles. The minimum absolute atomic E-state index is 0.0299. The van der Waals surface area contributed by atoms with E-state index < -0.39 is 29.9 Å². The number of nitrogens with one attached hydrogen (secondary N) is 2. The standard InChI is InChI=1S/C20H14N4O8S4/c25-23(26)15-5-1-13(2-6-15)21-35(29,30)19-11-9-17(33-19)18-10-12-20(34-18)36(31,32)22-14-3-7-16(8-4-14)24(27)28/h1-12,21-22H. The zero-order chi connectivity index (χ0) is 26.1. The molecular formula is C20H14N4O8S4. The molecule has 0 atom stereocenters. The first-order valence-corrected chi connectivity index (χ1v) is 14.3. The summed E-state index contributed by atoms with van der Waals surface area (Å²) in [7, 11) is -7.96. The number of nitro groups is 2. The number of rotatable bonds is 9. The Hall–Kier alpha value is -3.86. The Bertz CT molecular complexity index is 1530. The number of thiophene rings is 2. The summed E-state index contributed by atoms with van der Waals surface area (Å²) in [6.45, 7) is 0. The van der Waals surface area contributed by atoms with Gasteiger partial charge >= 0.3 is 0 Å². The smallest absolute Gasteiger partial charge is 0.271 e. The molecule has 0 aliphatic rings.